The van der Waals surface area contributed by atoms with Crippen LogP contribution in [0, 0.1) is 16.2 Å². The van der Waals surface area contributed by atoms with Crippen LogP contribution >= 0.6 is 0 Å². The minimum absolute atomic E-state index is 0.144. The van der Waals surface area contributed by atoms with E-state index >= 15 is 0 Å². The lowest BCUT2D eigenvalue weighted by Gasteiger charge is -2.46. The topological polar surface area (TPSA) is 164 Å². The van der Waals surface area contributed by atoms with Crippen LogP contribution in [-0.2, 0) is 47.4 Å². The van der Waals surface area contributed by atoms with Crippen LogP contribution in [0.4, 0.5) is 9.59 Å². The van der Waals surface area contributed by atoms with Crippen LogP contribution in [0.1, 0.15) is 66.7 Å². The summed E-state index contributed by atoms with van der Waals surface area (Å²) in [4.78, 5) is 26.5. The molecule has 0 aromatic carbocycles. The molecule has 2 N–H and O–H groups in total. The van der Waals surface area contributed by atoms with Crippen molar-refractivity contribution >= 4 is 12.2 Å². The second-order valence-corrected chi connectivity index (χ2v) is 16.0. The average molecular weight is 701 g/mol. The fourth-order valence-electron chi connectivity index (χ4n) is 6.76. The summed E-state index contributed by atoms with van der Waals surface area (Å²) in [6, 6.07) is -0.213. The van der Waals surface area contributed by atoms with Gasteiger partial charge < -0.3 is 58.0 Å². The molecule has 6 atom stereocenters. The van der Waals surface area contributed by atoms with Gasteiger partial charge in [-0.2, -0.15) is 0 Å². The zero-order valence-corrected chi connectivity index (χ0v) is 30.2. The van der Waals surface area contributed by atoms with Crippen molar-refractivity contribution in [3.63, 3.8) is 0 Å². The van der Waals surface area contributed by atoms with Gasteiger partial charge in [0.1, 0.15) is 37.6 Å². The fourth-order valence-corrected chi connectivity index (χ4v) is 6.76. The monoisotopic (exact) mass is 700 g/mol. The Morgan fingerprint density at radius 1 is 0.633 bits per heavy atom. The molecule has 0 aromatic heterocycles. The van der Waals surface area contributed by atoms with Crippen molar-refractivity contribution in [2.75, 3.05) is 92.5 Å². The third-order valence-electron chi connectivity index (χ3n) is 10.1. The zero-order chi connectivity index (χ0) is 35.0. The maximum atomic E-state index is 13.3. The number of nitrogens with one attached hydrogen (secondary N) is 2. The molecular formula is C35H60N2O12. The van der Waals surface area contributed by atoms with Crippen LogP contribution in [0.25, 0.3) is 0 Å². The van der Waals surface area contributed by atoms with Gasteiger partial charge in [-0.15, -0.1) is 0 Å². The number of amides is 2. The van der Waals surface area contributed by atoms with E-state index in [0.29, 0.717) is 98.5 Å². The lowest BCUT2D eigenvalue weighted by Crippen LogP contribution is -2.58. The van der Waals surface area contributed by atoms with Crippen molar-refractivity contribution < 1.29 is 57.0 Å². The number of ether oxygens (including phenoxy) is 10. The van der Waals surface area contributed by atoms with E-state index in [9.17, 15) is 9.59 Å². The maximum Gasteiger partial charge on any atom is 0.407 e. The number of epoxide rings is 4. The third-order valence-corrected chi connectivity index (χ3v) is 10.1. The molecule has 6 unspecified atom stereocenters. The predicted molar refractivity (Wildman–Crippen MR) is 176 cm³/mol. The number of carbonyl (C=O) groups is 2. The van der Waals surface area contributed by atoms with Crippen LogP contribution in [-0.4, -0.2) is 141 Å². The molecule has 5 fully saturated rings. The molecule has 5 aliphatic rings. The van der Waals surface area contributed by atoms with E-state index in [-0.39, 0.29) is 49.1 Å². The van der Waals surface area contributed by atoms with E-state index in [2.05, 4.69) is 24.5 Å². The summed E-state index contributed by atoms with van der Waals surface area (Å²) in [6.45, 7) is 17.2. The standard InChI is InChI=1S/C35H60N2O12/c1-6-34(19-40-10-26-14-44-26,20-41-11-27-15-45-27)23-48-30(38)36-25-8-32(3,4)18-33(5,9-25)37-31(39)49-24-35(7-2,21-42-12-28-16-46-28)22-43-13-29-17-47-29/h25-29H,6-24H2,1-5H3,(H,36,38)(H,37,39). The normalized spacial score (nSPS) is 31.9. The van der Waals surface area contributed by atoms with Gasteiger partial charge in [0.2, 0.25) is 0 Å². The van der Waals surface area contributed by atoms with Gasteiger partial charge in [0.05, 0.1) is 90.1 Å². The second kappa shape index (κ2) is 17.2. The molecule has 5 rings (SSSR count). The van der Waals surface area contributed by atoms with E-state index in [1.54, 1.807) is 0 Å². The number of hydrogen-bond donors (Lipinski definition) is 2. The first-order valence-electron chi connectivity index (χ1n) is 18.1. The third kappa shape index (κ3) is 13.7. The molecular weight excluding hydrogens is 640 g/mol. The van der Waals surface area contributed by atoms with Crippen molar-refractivity contribution in [1.82, 2.24) is 10.6 Å². The summed E-state index contributed by atoms with van der Waals surface area (Å²) < 4.78 is 56.6. The molecule has 0 spiro atoms. The molecule has 1 saturated carbocycles. The Kier molecular flexibility index (Phi) is 13.5. The Balaban J connectivity index is 1.11. The summed E-state index contributed by atoms with van der Waals surface area (Å²) in [5.74, 6) is 0. The minimum Gasteiger partial charge on any atom is -0.449 e. The van der Waals surface area contributed by atoms with Gasteiger partial charge in [-0.05, 0) is 44.4 Å². The van der Waals surface area contributed by atoms with Crippen molar-refractivity contribution in [2.45, 2.75) is 103 Å². The number of hydrogen-bond acceptors (Lipinski definition) is 12. The van der Waals surface area contributed by atoms with E-state index in [0.717, 1.165) is 12.8 Å². The van der Waals surface area contributed by atoms with Crippen molar-refractivity contribution in [3.8, 4) is 0 Å². The smallest absolute Gasteiger partial charge is 0.407 e. The highest BCUT2D eigenvalue weighted by atomic mass is 16.6. The van der Waals surface area contributed by atoms with Gasteiger partial charge >= 0.3 is 12.2 Å². The largest absolute Gasteiger partial charge is 0.449 e. The highest BCUT2D eigenvalue weighted by Gasteiger charge is 2.44. The fraction of sp³-hybridized carbons (Fsp3) is 0.943. The summed E-state index contributed by atoms with van der Waals surface area (Å²) in [6.07, 6.45) is 2.98. The molecule has 0 radical (unpaired) electrons. The van der Waals surface area contributed by atoms with Gasteiger partial charge in [0, 0.05) is 11.6 Å². The van der Waals surface area contributed by atoms with Crippen molar-refractivity contribution in [1.29, 1.82) is 0 Å². The maximum absolute atomic E-state index is 13.3. The van der Waals surface area contributed by atoms with Crippen LogP contribution < -0.4 is 10.6 Å². The lowest BCUT2D eigenvalue weighted by molar-refractivity contribution is -0.0614. The number of rotatable bonds is 24. The van der Waals surface area contributed by atoms with Crippen LogP contribution in [0.5, 0.6) is 0 Å². The van der Waals surface area contributed by atoms with Gasteiger partial charge in [-0.1, -0.05) is 27.7 Å². The van der Waals surface area contributed by atoms with Crippen LogP contribution in [0.2, 0.25) is 0 Å². The quantitative estimate of drug-likeness (QED) is 0.142. The van der Waals surface area contributed by atoms with Crippen LogP contribution in [0.3, 0.4) is 0 Å². The molecule has 4 aliphatic heterocycles. The second-order valence-electron chi connectivity index (χ2n) is 16.0. The molecule has 14 heteroatoms. The molecule has 4 heterocycles. The molecule has 0 aromatic rings. The van der Waals surface area contributed by atoms with E-state index < -0.39 is 28.6 Å². The Morgan fingerprint density at radius 3 is 1.39 bits per heavy atom. The summed E-state index contributed by atoms with van der Waals surface area (Å²) >= 11 is 0. The highest BCUT2D eigenvalue weighted by Crippen LogP contribution is 2.41. The highest BCUT2D eigenvalue weighted by molar-refractivity contribution is 5.69. The minimum atomic E-state index is -0.615. The van der Waals surface area contributed by atoms with Crippen molar-refractivity contribution in [2.24, 2.45) is 16.2 Å². The van der Waals surface area contributed by atoms with Gasteiger partial charge in [0.25, 0.3) is 0 Å². The first-order chi connectivity index (χ1) is 23.4. The summed E-state index contributed by atoms with van der Waals surface area (Å²) in [5, 5.41) is 6.21. The lowest BCUT2D eigenvalue weighted by atomic mass is 9.67. The Labute approximate surface area is 291 Å². The molecule has 2 amide bonds. The molecule has 282 valence electrons. The van der Waals surface area contributed by atoms with Gasteiger partial charge in [0.15, 0.2) is 0 Å². The molecule has 49 heavy (non-hydrogen) atoms. The SMILES string of the molecule is CCC(COCC1CO1)(COCC1CO1)COC(=O)NC1CC(C)(C)CC(C)(NC(=O)OCC(CC)(COCC2CO2)COCC2CO2)C1. The first kappa shape index (κ1) is 38.5. The summed E-state index contributed by atoms with van der Waals surface area (Å²) in [5.41, 5.74) is -1.76. The van der Waals surface area contributed by atoms with Crippen molar-refractivity contribution in [3.05, 3.63) is 0 Å². The molecule has 1 aliphatic carbocycles. The predicted octanol–water partition coefficient (Wildman–Crippen LogP) is 3.23. The van der Waals surface area contributed by atoms with E-state index in [4.69, 9.17) is 47.4 Å². The van der Waals surface area contributed by atoms with Gasteiger partial charge in [-0.3, -0.25) is 0 Å². The number of alkyl carbamates (subject to hydrolysis) is 2. The van der Waals surface area contributed by atoms with Crippen LogP contribution in [0.15, 0.2) is 0 Å². The van der Waals surface area contributed by atoms with E-state index in [1.807, 2.05) is 20.8 Å². The average Bonchev–Trinajstić information content (AvgIpc) is 3.85. The molecule has 0 bridgehead atoms. The Hall–Kier alpha value is -1.78. The summed E-state index contributed by atoms with van der Waals surface area (Å²) in [7, 11) is 0. The Morgan fingerprint density at radius 2 is 1.02 bits per heavy atom. The molecule has 4 saturated heterocycles. The van der Waals surface area contributed by atoms with E-state index in [1.165, 1.54) is 0 Å². The number of carbonyl (C=O) groups excluding carboxylic acids is 2. The van der Waals surface area contributed by atoms with Gasteiger partial charge in [-0.25, -0.2) is 9.59 Å². The zero-order valence-electron chi connectivity index (χ0n) is 30.2. The molecule has 14 nitrogen and oxygen atoms in total. The first-order valence-corrected chi connectivity index (χ1v) is 18.1. The Bertz CT molecular complexity index is 1030.